The van der Waals surface area contributed by atoms with Crippen molar-refractivity contribution in [2.45, 2.75) is 26.3 Å². The Hall–Kier alpha value is -2.35. The normalized spacial score (nSPS) is 9.33. The molecule has 94 valence electrons. The fourth-order valence-corrected chi connectivity index (χ4v) is 1.31. The van der Waals surface area contributed by atoms with Gasteiger partial charge < -0.3 is 10.6 Å². The molecule has 2 amide bonds. The molecule has 0 unspecified atom stereocenters. The molecule has 0 radical (unpaired) electrons. The molecule has 0 aliphatic heterocycles. The quantitative estimate of drug-likeness (QED) is 0.826. The standard InChI is InChI=1S/C13H15N3O2/c1-2-12(17)15-9-10-3-5-11(6-4-10)16-13(18)7-8-14/h3-6H,2,7,9H2,1H3,(H,15,17)(H,16,18). The Bertz CT molecular complexity index is 460. The minimum atomic E-state index is -0.329. The number of hydrogen-bond acceptors (Lipinski definition) is 3. The second kappa shape index (κ2) is 7.07. The molecule has 0 spiro atoms. The highest BCUT2D eigenvalue weighted by Gasteiger charge is 2.01. The van der Waals surface area contributed by atoms with Gasteiger partial charge in [-0.05, 0) is 17.7 Å². The van der Waals surface area contributed by atoms with E-state index < -0.39 is 0 Å². The Balaban J connectivity index is 2.50. The lowest BCUT2D eigenvalue weighted by atomic mass is 10.2. The molecule has 18 heavy (non-hydrogen) atoms. The van der Waals surface area contributed by atoms with Crippen LogP contribution in [0, 0.1) is 11.3 Å². The van der Waals surface area contributed by atoms with Crippen molar-refractivity contribution in [2.24, 2.45) is 0 Å². The van der Waals surface area contributed by atoms with Gasteiger partial charge in [0.25, 0.3) is 0 Å². The van der Waals surface area contributed by atoms with E-state index in [0.717, 1.165) is 5.56 Å². The molecule has 2 N–H and O–H groups in total. The van der Waals surface area contributed by atoms with Crippen molar-refractivity contribution in [1.29, 1.82) is 5.26 Å². The van der Waals surface area contributed by atoms with Gasteiger partial charge >= 0.3 is 0 Å². The molecule has 0 bridgehead atoms. The third-order valence-electron chi connectivity index (χ3n) is 2.29. The lowest BCUT2D eigenvalue weighted by Crippen LogP contribution is -2.21. The van der Waals surface area contributed by atoms with Crippen LogP contribution in [0.5, 0.6) is 0 Å². The number of benzene rings is 1. The van der Waals surface area contributed by atoms with Crippen LogP contribution in [0.25, 0.3) is 0 Å². The molecule has 5 heteroatoms. The van der Waals surface area contributed by atoms with Gasteiger partial charge in [0, 0.05) is 18.7 Å². The lowest BCUT2D eigenvalue weighted by Gasteiger charge is -2.06. The summed E-state index contributed by atoms with van der Waals surface area (Å²) in [4.78, 5) is 22.2. The van der Waals surface area contributed by atoms with Crippen LogP contribution < -0.4 is 10.6 Å². The second-order valence-electron chi connectivity index (χ2n) is 3.71. The first-order valence-corrected chi connectivity index (χ1v) is 5.68. The lowest BCUT2D eigenvalue weighted by molar-refractivity contribution is -0.121. The zero-order valence-corrected chi connectivity index (χ0v) is 10.2. The number of nitrogens with zero attached hydrogens (tertiary/aromatic N) is 1. The van der Waals surface area contributed by atoms with Crippen LogP contribution in [-0.4, -0.2) is 11.8 Å². The largest absolute Gasteiger partial charge is 0.352 e. The molecule has 0 aliphatic rings. The second-order valence-corrected chi connectivity index (χ2v) is 3.71. The molecular weight excluding hydrogens is 230 g/mol. The van der Waals surface area contributed by atoms with Crippen LogP contribution in [0.15, 0.2) is 24.3 Å². The van der Waals surface area contributed by atoms with Crippen LogP contribution in [-0.2, 0) is 16.1 Å². The molecule has 1 aromatic carbocycles. The zero-order valence-electron chi connectivity index (χ0n) is 10.2. The van der Waals surface area contributed by atoms with Gasteiger partial charge in [0.05, 0.1) is 6.07 Å². The van der Waals surface area contributed by atoms with Gasteiger partial charge in [-0.2, -0.15) is 5.26 Å². The van der Waals surface area contributed by atoms with E-state index in [9.17, 15) is 9.59 Å². The Labute approximate surface area is 106 Å². The molecule has 0 aliphatic carbocycles. The van der Waals surface area contributed by atoms with Crippen molar-refractivity contribution >= 4 is 17.5 Å². The first-order valence-electron chi connectivity index (χ1n) is 5.68. The van der Waals surface area contributed by atoms with E-state index in [2.05, 4.69) is 10.6 Å². The van der Waals surface area contributed by atoms with E-state index in [1.807, 2.05) is 12.1 Å². The summed E-state index contributed by atoms with van der Waals surface area (Å²) in [5.41, 5.74) is 1.59. The van der Waals surface area contributed by atoms with E-state index in [4.69, 9.17) is 5.26 Å². The van der Waals surface area contributed by atoms with E-state index in [0.29, 0.717) is 18.7 Å². The average Bonchev–Trinajstić information content (AvgIpc) is 2.37. The van der Waals surface area contributed by atoms with Crippen molar-refractivity contribution in [3.8, 4) is 6.07 Å². The van der Waals surface area contributed by atoms with Crippen molar-refractivity contribution in [1.82, 2.24) is 5.32 Å². The average molecular weight is 245 g/mol. The SMILES string of the molecule is CCC(=O)NCc1ccc(NC(=O)CC#N)cc1. The summed E-state index contributed by atoms with van der Waals surface area (Å²) < 4.78 is 0. The minimum Gasteiger partial charge on any atom is -0.352 e. The molecule has 0 aromatic heterocycles. The number of nitrogens with one attached hydrogen (secondary N) is 2. The minimum absolute atomic E-state index is 0.00130. The number of nitriles is 1. The van der Waals surface area contributed by atoms with Crippen LogP contribution in [0.1, 0.15) is 25.3 Å². The van der Waals surface area contributed by atoms with Gasteiger partial charge in [0.1, 0.15) is 6.42 Å². The maximum absolute atomic E-state index is 11.2. The molecule has 0 atom stereocenters. The molecule has 5 nitrogen and oxygen atoms in total. The maximum Gasteiger partial charge on any atom is 0.238 e. The number of carbonyl (C=O) groups excluding carboxylic acids is 2. The Morgan fingerprint density at radius 1 is 1.22 bits per heavy atom. The summed E-state index contributed by atoms with van der Waals surface area (Å²) in [6, 6.07) is 8.89. The zero-order chi connectivity index (χ0) is 13.4. The summed E-state index contributed by atoms with van der Waals surface area (Å²) in [5, 5.41) is 13.7. The van der Waals surface area contributed by atoms with Crippen LogP contribution in [0.3, 0.4) is 0 Å². The van der Waals surface area contributed by atoms with Gasteiger partial charge in [-0.15, -0.1) is 0 Å². The summed E-state index contributed by atoms with van der Waals surface area (Å²) in [6.45, 7) is 2.27. The van der Waals surface area contributed by atoms with Crippen LogP contribution in [0.2, 0.25) is 0 Å². The Kier molecular flexibility index (Phi) is 5.39. The Morgan fingerprint density at radius 2 is 1.89 bits per heavy atom. The molecule has 1 aromatic rings. The summed E-state index contributed by atoms with van der Waals surface area (Å²) >= 11 is 0. The Morgan fingerprint density at radius 3 is 2.44 bits per heavy atom. The van der Waals surface area contributed by atoms with E-state index >= 15 is 0 Å². The summed E-state index contributed by atoms with van der Waals surface area (Å²) in [7, 11) is 0. The number of hydrogen-bond donors (Lipinski definition) is 2. The highest BCUT2D eigenvalue weighted by Crippen LogP contribution is 2.09. The molecule has 1 rings (SSSR count). The number of amides is 2. The van der Waals surface area contributed by atoms with E-state index in [1.54, 1.807) is 25.1 Å². The van der Waals surface area contributed by atoms with Gasteiger partial charge in [-0.25, -0.2) is 0 Å². The molecule has 0 heterocycles. The summed E-state index contributed by atoms with van der Waals surface area (Å²) in [5.74, 6) is -0.328. The van der Waals surface area contributed by atoms with Gasteiger partial charge in [0.15, 0.2) is 0 Å². The predicted molar refractivity (Wildman–Crippen MR) is 67.4 cm³/mol. The third-order valence-corrected chi connectivity index (χ3v) is 2.29. The molecule has 0 saturated heterocycles. The van der Waals surface area contributed by atoms with E-state index in [-0.39, 0.29) is 18.2 Å². The third kappa shape index (κ3) is 4.66. The number of rotatable bonds is 5. The van der Waals surface area contributed by atoms with Crippen molar-refractivity contribution in [2.75, 3.05) is 5.32 Å². The van der Waals surface area contributed by atoms with Crippen LogP contribution >= 0.6 is 0 Å². The number of carbonyl (C=O) groups is 2. The van der Waals surface area contributed by atoms with Gasteiger partial charge in [-0.1, -0.05) is 19.1 Å². The van der Waals surface area contributed by atoms with Gasteiger partial charge in [0.2, 0.25) is 11.8 Å². The maximum atomic E-state index is 11.2. The summed E-state index contributed by atoms with van der Waals surface area (Å²) in [6.07, 6.45) is 0.302. The monoisotopic (exact) mass is 245 g/mol. The van der Waals surface area contributed by atoms with Crippen molar-refractivity contribution < 1.29 is 9.59 Å². The van der Waals surface area contributed by atoms with E-state index in [1.165, 1.54) is 0 Å². The first kappa shape index (κ1) is 13.7. The fraction of sp³-hybridized carbons (Fsp3) is 0.308. The highest BCUT2D eigenvalue weighted by molar-refractivity contribution is 5.92. The molecule has 0 saturated carbocycles. The molecule has 0 fully saturated rings. The van der Waals surface area contributed by atoms with Crippen molar-refractivity contribution in [3.05, 3.63) is 29.8 Å². The fourth-order valence-electron chi connectivity index (χ4n) is 1.31. The molecular formula is C13H15N3O2. The van der Waals surface area contributed by atoms with Crippen molar-refractivity contribution in [3.63, 3.8) is 0 Å². The predicted octanol–water partition coefficient (Wildman–Crippen LogP) is 1.56. The smallest absolute Gasteiger partial charge is 0.238 e. The highest BCUT2D eigenvalue weighted by atomic mass is 16.2. The topological polar surface area (TPSA) is 82.0 Å². The van der Waals surface area contributed by atoms with Gasteiger partial charge in [-0.3, -0.25) is 9.59 Å². The first-order chi connectivity index (χ1) is 8.65. The van der Waals surface area contributed by atoms with Crippen LogP contribution in [0.4, 0.5) is 5.69 Å². The number of anilines is 1.